The van der Waals surface area contributed by atoms with Gasteiger partial charge in [-0.1, -0.05) is 6.07 Å². The predicted octanol–water partition coefficient (Wildman–Crippen LogP) is 0.814. The van der Waals surface area contributed by atoms with E-state index in [1.807, 2.05) is 22.4 Å². The van der Waals surface area contributed by atoms with Crippen molar-refractivity contribution >= 4 is 17.2 Å². The van der Waals surface area contributed by atoms with Gasteiger partial charge in [0.05, 0.1) is 12.5 Å². The second-order valence-corrected chi connectivity index (χ2v) is 7.82. The Morgan fingerprint density at radius 1 is 1.26 bits per heavy atom. The highest BCUT2D eigenvalue weighted by Gasteiger charge is 2.36. The SMILES string of the molecule is O=C(Cc1cccs1)N1C[C@@H](CN2CCC(O)CC2)[C@@H](CO)C1. The van der Waals surface area contributed by atoms with Crippen molar-refractivity contribution in [2.75, 3.05) is 39.3 Å². The molecule has 2 saturated heterocycles. The standard InChI is InChI=1S/C17H26N2O3S/c20-12-14-11-19(17(22)8-16-2-1-7-23-16)10-13(14)9-18-5-3-15(21)4-6-18/h1-2,7,13-15,20-21H,3-6,8-12H2/t13-,14-/m1/s1. The third kappa shape index (κ3) is 4.32. The molecule has 3 rings (SSSR count). The molecule has 2 aliphatic heterocycles. The van der Waals surface area contributed by atoms with E-state index in [9.17, 15) is 15.0 Å². The van der Waals surface area contributed by atoms with Gasteiger partial charge in [-0.3, -0.25) is 4.79 Å². The van der Waals surface area contributed by atoms with E-state index in [0.717, 1.165) is 43.9 Å². The molecule has 23 heavy (non-hydrogen) atoms. The number of carbonyl (C=O) groups excluding carboxylic acids is 1. The van der Waals surface area contributed by atoms with Gasteiger partial charge in [0.15, 0.2) is 0 Å². The fraction of sp³-hybridized carbons (Fsp3) is 0.706. The van der Waals surface area contributed by atoms with E-state index < -0.39 is 0 Å². The maximum absolute atomic E-state index is 12.5. The maximum Gasteiger partial charge on any atom is 0.227 e. The van der Waals surface area contributed by atoms with E-state index in [1.54, 1.807) is 11.3 Å². The van der Waals surface area contributed by atoms with Crippen molar-refractivity contribution in [1.29, 1.82) is 0 Å². The molecule has 1 amide bonds. The van der Waals surface area contributed by atoms with Crippen LogP contribution in [0.25, 0.3) is 0 Å². The average molecular weight is 338 g/mol. The van der Waals surface area contributed by atoms with Crippen LogP contribution in [0.4, 0.5) is 0 Å². The van der Waals surface area contributed by atoms with E-state index in [-0.39, 0.29) is 24.5 Å². The molecule has 0 aliphatic carbocycles. The summed E-state index contributed by atoms with van der Waals surface area (Å²) in [6, 6.07) is 3.97. The van der Waals surface area contributed by atoms with Crippen molar-refractivity contribution in [2.24, 2.45) is 11.8 Å². The quantitative estimate of drug-likeness (QED) is 0.834. The number of hydrogen-bond donors (Lipinski definition) is 2. The Bertz CT molecular complexity index is 500. The zero-order chi connectivity index (χ0) is 16.2. The van der Waals surface area contributed by atoms with Crippen LogP contribution >= 0.6 is 11.3 Å². The van der Waals surface area contributed by atoms with Crippen molar-refractivity contribution in [3.8, 4) is 0 Å². The van der Waals surface area contributed by atoms with E-state index in [4.69, 9.17) is 0 Å². The van der Waals surface area contributed by atoms with Gasteiger partial charge in [0, 0.05) is 50.1 Å². The monoisotopic (exact) mass is 338 g/mol. The first-order chi connectivity index (χ1) is 11.2. The van der Waals surface area contributed by atoms with Crippen molar-refractivity contribution in [1.82, 2.24) is 9.80 Å². The normalized spacial score (nSPS) is 26.8. The van der Waals surface area contributed by atoms with E-state index in [0.29, 0.717) is 18.9 Å². The molecule has 1 aromatic heterocycles. The first-order valence-corrected chi connectivity index (χ1v) is 9.35. The number of likely N-dealkylation sites (tertiary alicyclic amines) is 2. The molecule has 2 aliphatic rings. The number of hydrogen-bond acceptors (Lipinski definition) is 5. The van der Waals surface area contributed by atoms with Crippen molar-refractivity contribution in [2.45, 2.75) is 25.4 Å². The highest BCUT2D eigenvalue weighted by molar-refractivity contribution is 7.10. The average Bonchev–Trinajstić information content (AvgIpc) is 3.19. The molecule has 0 unspecified atom stereocenters. The summed E-state index contributed by atoms with van der Waals surface area (Å²) in [5.74, 6) is 0.680. The van der Waals surface area contributed by atoms with E-state index >= 15 is 0 Å². The van der Waals surface area contributed by atoms with Crippen LogP contribution in [0, 0.1) is 11.8 Å². The number of aliphatic hydroxyl groups excluding tert-OH is 2. The molecule has 0 bridgehead atoms. The second kappa shape index (κ2) is 7.75. The van der Waals surface area contributed by atoms with Crippen LogP contribution in [0.2, 0.25) is 0 Å². The molecular formula is C17H26N2O3S. The van der Waals surface area contributed by atoms with Crippen molar-refractivity contribution < 1.29 is 15.0 Å². The van der Waals surface area contributed by atoms with Crippen LogP contribution in [0.1, 0.15) is 17.7 Å². The van der Waals surface area contributed by atoms with Crippen LogP contribution in [0.15, 0.2) is 17.5 Å². The van der Waals surface area contributed by atoms with Gasteiger partial charge >= 0.3 is 0 Å². The number of nitrogens with zero attached hydrogens (tertiary/aromatic N) is 2. The van der Waals surface area contributed by atoms with Crippen LogP contribution in [0.5, 0.6) is 0 Å². The van der Waals surface area contributed by atoms with E-state index in [1.165, 1.54) is 0 Å². The first-order valence-electron chi connectivity index (χ1n) is 8.47. The summed E-state index contributed by atoms with van der Waals surface area (Å²) in [5, 5.41) is 21.3. The molecule has 1 aromatic rings. The van der Waals surface area contributed by atoms with Gasteiger partial charge in [0.25, 0.3) is 0 Å². The van der Waals surface area contributed by atoms with Crippen LogP contribution in [-0.2, 0) is 11.2 Å². The fourth-order valence-electron chi connectivity index (χ4n) is 3.66. The highest BCUT2D eigenvalue weighted by Crippen LogP contribution is 2.26. The minimum atomic E-state index is -0.160. The maximum atomic E-state index is 12.5. The molecule has 2 N–H and O–H groups in total. The van der Waals surface area contributed by atoms with Gasteiger partial charge in [0.1, 0.15) is 0 Å². The molecular weight excluding hydrogens is 312 g/mol. The molecule has 0 spiro atoms. The van der Waals surface area contributed by atoms with Gasteiger partial charge in [-0.25, -0.2) is 0 Å². The second-order valence-electron chi connectivity index (χ2n) is 6.79. The lowest BCUT2D eigenvalue weighted by molar-refractivity contribution is -0.129. The molecule has 3 heterocycles. The summed E-state index contributed by atoms with van der Waals surface area (Å²) in [5.41, 5.74) is 0. The zero-order valence-corrected chi connectivity index (χ0v) is 14.2. The summed E-state index contributed by atoms with van der Waals surface area (Å²) >= 11 is 1.62. The Morgan fingerprint density at radius 2 is 2.00 bits per heavy atom. The highest BCUT2D eigenvalue weighted by atomic mass is 32.1. The molecule has 2 fully saturated rings. The Hall–Kier alpha value is -0.950. The molecule has 6 heteroatoms. The van der Waals surface area contributed by atoms with Crippen molar-refractivity contribution in [3.05, 3.63) is 22.4 Å². The van der Waals surface area contributed by atoms with Crippen LogP contribution in [-0.4, -0.2) is 71.4 Å². The molecule has 0 radical (unpaired) electrons. The summed E-state index contributed by atoms with van der Waals surface area (Å²) in [6.45, 7) is 4.30. The molecule has 5 nitrogen and oxygen atoms in total. The van der Waals surface area contributed by atoms with Gasteiger partial charge < -0.3 is 20.0 Å². The number of aliphatic hydroxyl groups is 2. The van der Waals surface area contributed by atoms with Gasteiger partial charge in [-0.2, -0.15) is 0 Å². The minimum absolute atomic E-state index is 0.143. The number of carbonyl (C=O) groups is 1. The topological polar surface area (TPSA) is 64.0 Å². The minimum Gasteiger partial charge on any atom is -0.396 e. The number of piperidine rings is 1. The van der Waals surface area contributed by atoms with Crippen molar-refractivity contribution in [3.63, 3.8) is 0 Å². The smallest absolute Gasteiger partial charge is 0.227 e. The molecule has 0 saturated carbocycles. The molecule has 128 valence electrons. The van der Waals surface area contributed by atoms with Gasteiger partial charge in [0.2, 0.25) is 5.91 Å². The lowest BCUT2D eigenvalue weighted by Crippen LogP contribution is -2.40. The summed E-state index contributed by atoms with van der Waals surface area (Å²) in [6.07, 6.45) is 1.97. The lowest BCUT2D eigenvalue weighted by Gasteiger charge is -2.32. The van der Waals surface area contributed by atoms with Crippen LogP contribution in [0.3, 0.4) is 0 Å². The number of rotatable bonds is 5. The predicted molar refractivity (Wildman–Crippen MR) is 90.3 cm³/mol. The Labute approximate surface area is 141 Å². The number of thiophene rings is 1. The fourth-order valence-corrected chi connectivity index (χ4v) is 4.36. The zero-order valence-electron chi connectivity index (χ0n) is 13.4. The molecule has 2 atom stereocenters. The van der Waals surface area contributed by atoms with Crippen LogP contribution < -0.4 is 0 Å². The Kier molecular flexibility index (Phi) is 5.69. The third-order valence-corrected chi connectivity index (χ3v) is 6.00. The summed E-state index contributed by atoms with van der Waals surface area (Å²) in [4.78, 5) is 17.8. The number of amides is 1. The third-order valence-electron chi connectivity index (χ3n) is 5.12. The Balaban J connectivity index is 1.53. The van der Waals surface area contributed by atoms with E-state index in [2.05, 4.69) is 4.90 Å². The molecule has 0 aromatic carbocycles. The Morgan fingerprint density at radius 3 is 2.65 bits per heavy atom. The van der Waals surface area contributed by atoms with Gasteiger partial charge in [-0.15, -0.1) is 11.3 Å². The summed E-state index contributed by atoms with van der Waals surface area (Å²) < 4.78 is 0. The largest absolute Gasteiger partial charge is 0.396 e. The first kappa shape index (κ1) is 16.9. The lowest BCUT2D eigenvalue weighted by atomic mass is 9.95. The van der Waals surface area contributed by atoms with Gasteiger partial charge in [-0.05, 0) is 30.2 Å². The summed E-state index contributed by atoms with van der Waals surface area (Å²) in [7, 11) is 0.